The molecule has 3 fully saturated rings. The van der Waals surface area contributed by atoms with Crippen LogP contribution in [0.2, 0.25) is 0 Å². The quantitative estimate of drug-likeness (QED) is 0.0968. The van der Waals surface area contributed by atoms with E-state index < -0.39 is 84.8 Å². The number of aliphatic hydroxyl groups is 5. The minimum Gasteiger partial charge on any atom is -0.392 e. The van der Waals surface area contributed by atoms with E-state index in [1.54, 1.807) is 13.8 Å². The molecule has 13 N–H and O–H groups in total. The van der Waals surface area contributed by atoms with Crippen LogP contribution in [-0.4, -0.2) is 137 Å². The maximum Gasteiger partial charge on any atom is 0.249 e. The summed E-state index contributed by atoms with van der Waals surface area (Å²) in [7, 11) is 0. The maximum atomic E-state index is 12.7. The van der Waals surface area contributed by atoms with Crippen molar-refractivity contribution in [3.8, 4) is 0 Å². The summed E-state index contributed by atoms with van der Waals surface area (Å²) >= 11 is 0. The van der Waals surface area contributed by atoms with Gasteiger partial charge in [-0.05, 0) is 45.6 Å². The van der Waals surface area contributed by atoms with Gasteiger partial charge < -0.3 is 72.3 Å². The summed E-state index contributed by atoms with van der Waals surface area (Å²) in [4.78, 5) is 12.7. The van der Waals surface area contributed by atoms with E-state index in [1.807, 2.05) is 6.92 Å². The Morgan fingerprint density at radius 1 is 1.10 bits per heavy atom. The minimum absolute atomic E-state index is 0.0335. The predicted octanol–water partition coefficient (Wildman–Crippen LogP) is -3.66. The van der Waals surface area contributed by atoms with Crippen LogP contribution in [0.15, 0.2) is 0 Å². The van der Waals surface area contributed by atoms with E-state index in [-0.39, 0.29) is 32.1 Å². The third-order valence-electron chi connectivity index (χ3n) is 8.70. The smallest absolute Gasteiger partial charge is 0.249 e. The number of ether oxygens (including phenoxy) is 4. The van der Waals surface area contributed by atoms with Gasteiger partial charge in [-0.25, -0.2) is 0 Å². The predicted molar refractivity (Wildman–Crippen MR) is 151 cm³/mol. The average molecular weight is 608 g/mol. The lowest BCUT2D eigenvalue weighted by Gasteiger charge is -2.48. The molecule has 0 bridgehead atoms. The van der Waals surface area contributed by atoms with Crippen LogP contribution in [0.3, 0.4) is 0 Å². The molecule has 7 unspecified atom stereocenters. The van der Waals surface area contributed by atoms with Crippen LogP contribution in [0.25, 0.3) is 0 Å². The van der Waals surface area contributed by atoms with Gasteiger partial charge in [-0.15, -0.1) is 0 Å². The van der Waals surface area contributed by atoms with Gasteiger partial charge in [-0.3, -0.25) is 4.79 Å². The van der Waals surface area contributed by atoms with E-state index in [0.29, 0.717) is 32.4 Å². The first-order chi connectivity index (χ1) is 19.8. The normalized spacial score (nSPS) is 42.6. The van der Waals surface area contributed by atoms with E-state index in [1.165, 1.54) is 0 Å². The number of aliphatic hydroxyl groups excluding tert-OH is 4. The van der Waals surface area contributed by atoms with Gasteiger partial charge in [-0.2, -0.15) is 0 Å². The Labute approximate surface area is 247 Å². The van der Waals surface area contributed by atoms with Gasteiger partial charge in [0, 0.05) is 25.0 Å². The fourth-order valence-electron chi connectivity index (χ4n) is 5.53. The average Bonchev–Trinajstić information content (AvgIpc) is 2.94. The van der Waals surface area contributed by atoms with E-state index >= 15 is 0 Å². The van der Waals surface area contributed by atoms with Crippen molar-refractivity contribution in [1.29, 1.82) is 0 Å². The van der Waals surface area contributed by atoms with E-state index in [4.69, 9.17) is 36.1 Å². The van der Waals surface area contributed by atoms with Crippen molar-refractivity contribution < 1.29 is 49.3 Å². The lowest BCUT2D eigenvalue weighted by molar-refractivity contribution is -0.314. The molecule has 1 amide bonds. The summed E-state index contributed by atoms with van der Waals surface area (Å²) in [5.74, 6) is -1.33. The second kappa shape index (κ2) is 15.8. The van der Waals surface area contributed by atoms with Gasteiger partial charge in [0.15, 0.2) is 12.6 Å². The SMILES string of the molecule is CCC(O)CNC[C@@H]1CCC(N)[C@@H](OC2C(O)C(O[C@H]3OCC(C)(O)[C@H](C)C3O)[C@H](NC(=O)[C@@H](O)CCN)C[C@@H]2N)O1. The molecule has 2 aliphatic heterocycles. The molecule has 42 heavy (non-hydrogen) atoms. The Morgan fingerprint density at radius 2 is 1.79 bits per heavy atom. The van der Waals surface area contributed by atoms with Crippen LogP contribution >= 0.6 is 0 Å². The second-order valence-corrected chi connectivity index (χ2v) is 12.2. The molecule has 15 nitrogen and oxygen atoms in total. The van der Waals surface area contributed by atoms with Crippen LogP contribution in [0.4, 0.5) is 0 Å². The van der Waals surface area contributed by atoms with Gasteiger partial charge in [0.25, 0.3) is 0 Å². The van der Waals surface area contributed by atoms with Crippen LogP contribution in [0.1, 0.15) is 52.9 Å². The largest absolute Gasteiger partial charge is 0.392 e. The molecule has 0 spiro atoms. The number of rotatable bonds is 13. The molecule has 2 heterocycles. The fourth-order valence-corrected chi connectivity index (χ4v) is 5.53. The van der Waals surface area contributed by atoms with Crippen LogP contribution in [0.5, 0.6) is 0 Å². The van der Waals surface area contributed by atoms with Gasteiger partial charge in [0.1, 0.15) is 30.5 Å². The molecule has 0 aromatic carbocycles. The molecule has 246 valence electrons. The van der Waals surface area contributed by atoms with Crippen molar-refractivity contribution in [3.05, 3.63) is 0 Å². The summed E-state index contributed by atoms with van der Waals surface area (Å²) in [6.07, 6.45) is -7.03. The van der Waals surface area contributed by atoms with Crippen LogP contribution < -0.4 is 27.8 Å². The Balaban J connectivity index is 1.74. The summed E-state index contributed by atoms with van der Waals surface area (Å²) in [5, 5.41) is 58.7. The molecule has 2 saturated heterocycles. The number of carbonyl (C=O) groups is 1. The first-order valence-corrected chi connectivity index (χ1v) is 15.0. The Hall–Kier alpha value is -1.05. The molecule has 0 radical (unpaired) electrons. The molecule has 1 saturated carbocycles. The van der Waals surface area contributed by atoms with E-state index in [0.717, 1.165) is 0 Å². The van der Waals surface area contributed by atoms with Crippen molar-refractivity contribution in [2.75, 3.05) is 26.2 Å². The van der Waals surface area contributed by atoms with E-state index in [2.05, 4.69) is 10.6 Å². The second-order valence-electron chi connectivity index (χ2n) is 12.2. The number of hydrogen-bond acceptors (Lipinski definition) is 14. The number of hydrogen-bond donors (Lipinski definition) is 10. The van der Waals surface area contributed by atoms with Gasteiger partial charge in [0.2, 0.25) is 5.91 Å². The summed E-state index contributed by atoms with van der Waals surface area (Å²) in [6, 6.07) is -2.16. The van der Waals surface area contributed by atoms with Crippen LogP contribution in [-0.2, 0) is 23.7 Å². The molecule has 3 rings (SSSR count). The highest BCUT2D eigenvalue weighted by molar-refractivity contribution is 5.80. The van der Waals surface area contributed by atoms with Crippen LogP contribution in [0, 0.1) is 5.92 Å². The van der Waals surface area contributed by atoms with Crippen molar-refractivity contribution >= 4 is 5.91 Å². The van der Waals surface area contributed by atoms with Crippen molar-refractivity contribution in [1.82, 2.24) is 10.6 Å². The summed E-state index contributed by atoms with van der Waals surface area (Å²) in [6.45, 7) is 5.96. The Bertz CT molecular complexity index is 843. The molecule has 3 aliphatic rings. The highest BCUT2D eigenvalue weighted by Gasteiger charge is 2.51. The Kier molecular flexibility index (Phi) is 13.3. The van der Waals surface area contributed by atoms with Gasteiger partial charge in [0.05, 0.1) is 36.5 Å². The summed E-state index contributed by atoms with van der Waals surface area (Å²) in [5.41, 5.74) is 16.9. The maximum absolute atomic E-state index is 12.7. The zero-order chi connectivity index (χ0) is 31.2. The highest BCUT2D eigenvalue weighted by Crippen LogP contribution is 2.34. The zero-order valence-corrected chi connectivity index (χ0v) is 24.9. The number of nitrogens with one attached hydrogen (secondary N) is 2. The van der Waals surface area contributed by atoms with Crippen molar-refractivity contribution in [3.63, 3.8) is 0 Å². The molecule has 1 aliphatic carbocycles. The molecule has 15 heteroatoms. The molecular formula is C27H53N5O10. The summed E-state index contributed by atoms with van der Waals surface area (Å²) < 4.78 is 24.0. The molecule has 14 atom stereocenters. The third kappa shape index (κ3) is 9.00. The third-order valence-corrected chi connectivity index (χ3v) is 8.70. The molecular weight excluding hydrogens is 554 g/mol. The minimum atomic E-state index is -1.42. The first-order valence-electron chi connectivity index (χ1n) is 15.0. The highest BCUT2D eigenvalue weighted by atomic mass is 16.7. The van der Waals surface area contributed by atoms with Crippen molar-refractivity contribution in [2.24, 2.45) is 23.1 Å². The molecule has 0 aromatic rings. The number of amides is 1. The Morgan fingerprint density at radius 3 is 2.45 bits per heavy atom. The van der Waals surface area contributed by atoms with Crippen molar-refractivity contribution in [2.45, 2.75) is 132 Å². The standard InChI is InChI=1S/C27H53N5O10/c1-4-14(33)10-31-11-15-5-6-16(29)25(40-15)41-22-17(30)9-18(32-24(37)19(34)7-8-28)23(21(22)36)42-26-20(35)13(2)27(3,38)12-39-26/h13-23,25-26,31,33-36,38H,4-12,28-30H2,1-3H3,(H,32,37)/t13-,14?,15+,16?,17+,18-,19+,20?,21?,22?,23?,25-,26-,27?/m1/s1. The molecule has 0 aromatic heterocycles. The van der Waals surface area contributed by atoms with Gasteiger partial charge >= 0.3 is 0 Å². The fraction of sp³-hybridized carbons (Fsp3) is 0.963. The lowest BCUT2D eigenvalue weighted by Crippen LogP contribution is -2.68. The lowest BCUT2D eigenvalue weighted by atomic mass is 9.82. The van der Waals surface area contributed by atoms with E-state index in [9.17, 15) is 30.3 Å². The zero-order valence-electron chi connectivity index (χ0n) is 24.9. The monoisotopic (exact) mass is 607 g/mol. The van der Waals surface area contributed by atoms with Gasteiger partial charge in [-0.1, -0.05) is 13.8 Å². The topological polar surface area (TPSA) is 257 Å². The number of nitrogens with two attached hydrogens (primary N) is 3. The first kappa shape index (κ1) is 35.4. The number of carbonyl (C=O) groups excluding carboxylic acids is 1.